The number of halogens is 5. The number of hydrogen-bond acceptors (Lipinski definition) is 5. The van der Waals surface area contributed by atoms with E-state index < -0.39 is 56.9 Å². The number of ether oxygens (including phenoxy) is 1. The lowest BCUT2D eigenvalue weighted by Gasteiger charge is -2.22. The molecule has 2 aromatic carbocycles. The van der Waals surface area contributed by atoms with Crippen LogP contribution in [0.1, 0.15) is 36.8 Å². The molecule has 2 fully saturated rings. The Labute approximate surface area is 216 Å². The van der Waals surface area contributed by atoms with Crippen LogP contribution in [0.3, 0.4) is 0 Å². The number of carbonyl (C=O) groups is 1. The van der Waals surface area contributed by atoms with Crippen LogP contribution >= 0.6 is 23.2 Å². The largest absolute Gasteiger partial charge is 0.416 e. The summed E-state index contributed by atoms with van der Waals surface area (Å²) in [5.41, 5.74) is -2.17. The second-order valence-corrected chi connectivity index (χ2v) is 12.0. The topological polar surface area (TPSA) is 96.3 Å². The Morgan fingerprint density at radius 3 is 2.47 bits per heavy atom. The van der Waals surface area contributed by atoms with E-state index in [2.05, 4.69) is 5.32 Å². The zero-order valence-corrected chi connectivity index (χ0v) is 21.0. The van der Waals surface area contributed by atoms with Gasteiger partial charge >= 0.3 is 6.18 Å². The number of benzene rings is 2. The first-order chi connectivity index (χ1) is 16.9. The molecule has 0 aromatic heterocycles. The average Bonchev–Trinajstić information content (AvgIpc) is 3.44. The van der Waals surface area contributed by atoms with Crippen LogP contribution in [0.15, 0.2) is 47.4 Å². The molecular weight excluding hydrogens is 540 g/mol. The first-order valence-corrected chi connectivity index (χ1v) is 13.4. The van der Waals surface area contributed by atoms with Gasteiger partial charge in [-0.2, -0.15) is 18.4 Å². The van der Waals surface area contributed by atoms with Gasteiger partial charge in [0, 0.05) is 5.02 Å². The number of nitrogens with one attached hydrogen (secondary N) is 1. The maximum absolute atomic E-state index is 13.5. The van der Waals surface area contributed by atoms with Gasteiger partial charge in [-0.25, -0.2) is 8.42 Å². The highest BCUT2D eigenvalue weighted by Gasteiger charge is 2.50. The normalized spacial score (nSPS) is 23.2. The summed E-state index contributed by atoms with van der Waals surface area (Å²) in [4.78, 5) is 13.0. The SMILES string of the molecule is N#CC1(NC(=O)[C@@H]2C[C@@H](S(=O)(=O)c3ccccc3Cl)C[C@H]2OCc2ccc(Cl)cc2C(F)(F)F)CC1. The number of nitrogens with zero attached hydrogens (tertiary/aromatic N) is 1. The van der Waals surface area contributed by atoms with Crippen molar-refractivity contribution in [2.24, 2.45) is 5.92 Å². The number of carbonyl (C=O) groups excluding carboxylic acids is 1. The van der Waals surface area contributed by atoms with Crippen molar-refractivity contribution in [3.8, 4) is 6.07 Å². The predicted octanol–water partition coefficient (Wildman–Crippen LogP) is 5.32. The van der Waals surface area contributed by atoms with Gasteiger partial charge in [0.1, 0.15) is 5.54 Å². The summed E-state index contributed by atoms with van der Waals surface area (Å²) < 4.78 is 73.0. The number of sulfone groups is 1. The molecule has 1 N–H and O–H groups in total. The molecule has 2 saturated carbocycles. The fourth-order valence-electron chi connectivity index (χ4n) is 4.38. The van der Waals surface area contributed by atoms with Gasteiger partial charge in [-0.3, -0.25) is 4.79 Å². The van der Waals surface area contributed by atoms with E-state index in [9.17, 15) is 31.6 Å². The first kappa shape index (κ1) is 26.7. The molecule has 6 nitrogen and oxygen atoms in total. The van der Waals surface area contributed by atoms with Gasteiger partial charge in [0.2, 0.25) is 5.91 Å². The van der Waals surface area contributed by atoms with Crippen LogP contribution in [-0.4, -0.2) is 31.2 Å². The van der Waals surface area contributed by atoms with Gasteiger partial charge < -0.3 is 10.1 Å². The Bertz CT molecular complexity index is 1320. The minimum atomic E-state index is -4.68. The number of nitriles is 1. The fraction of sp³-hybridized carbons (Fsp3) is 0.417. The summed E-state index contributed by atoms with van der Waals surface area (Å²) in [7, 11) is -3.98. The smallest absolute Gasteiger partial charge is 0.373 e. The third-order valence-corrected chi connectivity index (χ3v) is 9.44. The summed E-state index contributed by atoms with van der Waals surface area (Å²) in [6.07, 6.45) is -5.00. The van der Waals surface area contributed by atoms with Crippen LogP contribution in [0, 0.1) is 17.2 Å². The van der Waals surface area contributed by atoms with E-state index in [0.717, 1.165) is 6.07 Å². The van der Waals surface area contributed by atoms with Crippen LogP contribution < -0.4 is 5.32 Å². The second-order valence-electron chi connectivity index (χ2n) is 9.01. The Morgan fingerprint density at radius 1 is 1.17 bits per heavy atom. The van der Waals surface area contributed by atoms with E-state index >= 15 is 0 Å². The Morgan fingerprint density at radius 2 is 1.86 bits per heavy atom. The lowest BCUT2D eigenvalue weighted by molar-refractivity contribution is -0.140. The maximum Gasteiger partial charge on any atom is 0.416 e. The molecule has 0 bridgehead atoms. The van der Waals surface area contributed by atoms with Crippen molar-refractivity contribution >= 4 is 38.9 Å². The molecule has 0 unspecified atom stereocenters. The first-order valence-electron chi connectivity index (χ1n) is 11.1. The van der Waals surface area contributed by atoms with E-state index in [1.807, 2.05) is 6.07 Å². The molecule has 12 heteroatoms. The molecule has 2 aliphatic rings. The number of amides is 1. The molecule has 0 heterocycles. The average molecular weight is 561 g/mol. The molecule has 4 rings (SSSR count). The van der Waals surface area contributed by atoms with E-state index in [0.29, 0.717) is 12.8 Å². The van der Waals surface area contributed by atoms with Crippen molar-refractivity contribution in [1.82, 2.24) is 5.32 Å². The molecule has 192 valence electrons. The molecule has 2 aliphatic carbocycles. The summed E-state index contributed by atoms with van der Waals surface area (Å²) >= 11 is 11.8. The van der Waals surface area contributed by atoms with Crippen LogP contribution in [0.5, 0.6) is 0 Å². The monoisotopic (exact) mass is 560 g/mol. The predicted molar refractivity (Wildman–Crippen MR) is 126 cm³/mol. The standard InChI is InChI=1S/C24H21Cl2F3N2O4S/c25-15-6-5-14(18(9-15)24(27,28)29)12-35-20-11-16(36(33,34)21-4-2-1-3-19(21)26)10-17(20)22(32)31-23(13-30)7-8-23/h1-6,9,16-17,20H,7-8,10-12H2,(H,31,32)/t16-,17-,20-/m1/s1. The van der Waals surface area contributed by atoms with Crippen molar-refractivity contribution in [2.75, 3.05) is 0 Å². The summed E-state index contributed by atoms with van der Waals surface area (Å²) in [5.74, 6) is -1.55. The molecule has 3 atom stereocenters. The van der Waals surface area contributed by atoms with Gasteiger partial charge in [-0.05, 0) is 55.5 Å². The quantitative estimate of drug-likeness (QED) is 0.494. The van der Waals surface area contributed by atoms with E-state index in [1.54, 1.807) is 6.07 Å². The Kier molecular flexibility index (Phi) is 7.32. The second kappa shape index (κ2) is 9.86. The van der Waals surface area contributed by atoms with Crippen molar-refractivity contribution in [2.45, 2.75) is 60.3 Å². The number of rotatable bonds is 7. The van der Waals surface area contributed by atoms with Crippen molar-refractivity contribution in [3.05, 3.63) is 63.6 Å². The summed E-state index contributed by atoms with van der Waals surface area (Å²) in [6, 6.07) is 11.2. The Hall–Kier alpha value is -2.32. The van der Waals surface area contributed by atoms with Crippen molar-refractivity contribution in [3.63, 3.8) is 0 Å². The maximum atomic E-state index is 13.5. The van der Waals surface area contributed by atoms with Crippen LogP contribution in [0.4, 0.5) is 13.2 Å². The highest BCUT2D eigenvalue weighted by Crippen LogP contribution is 2.41. The van der Waals surface area contributed by atoms with E-state index in [4.69, 9.17) is 27.9 Å². The fourth-order valence-corrected chi connectivity index (χ4v) is 6.88. The zero-order valence-electron chi connectivity index (χ0n) is 18.7. The number of hydrogen-bond donors (Lipinski definition) is 1. The van der Waals surface area contributed by atoms with E-state index in [1.165, 1.54) is 30.3 Å². The molecule has 0 spiro atoms. The minimum absolute atomic E-state index is 0.0280. The van der Waals surface area contributed by atoms with E-state index in [-0.39, 0.29) is 33.3 Å². The minimum Gasteiger partial charge on any atom is -0.373 e. The summed E-state index contributed by atoms with van der Waals surface area (Å²) in [6.45, 7) is -0.511. The van der Waals surface area contributed by atoms with Gasteiger partial charge in [-0.15, -0.1) is 0 Å². The van der Waals surface area contributed by atoms with Crippen LogP contribution in [0.25, 0.3) is 0 Å². The molecule has 0 saturated heterocycles. The van der Waals surface area contributed by atoms with Crippen LogP contribution in [-0.2, 0) is 32.2 Å². The lowest BCUT2D eigenvalue weighted by atomic mass is 10.0. The molecule has 0 aliphatic heterocycles. The third-order valence-electron chi connectivity index (χ3n) is 6.54. The van der Waals surface area contributed by atoms with Gasteiger partial charge in [0.25, 0.3) is 0 Å². The Balaban J connectivity index is 1.60. The lowest BCUT2D eigenvalue weighted by Crippen LogP contribution is -2.42. The van der Waals surface area contributed by atoms with Gasteiger partial charge in [0.15, 0.2) is 9.84 Å². The molecule has 0 radical (unpaired) electrons. The van der Waals surface area contributed by atoms with Crippen molar-refractivity contribution in [1.29, 1.82) is 5.26 Å². The third kappa shape index (κ3) is 5.49. The van der Waals surface area contributed by atoms with Gasteiger partial charge in [0.05, 0.1) is 45.4 Å². The van der Waals surface area contributed by atoms with Gasteiger partial charge in [-0.1, -0.05) is 41.4 Å². The van der Waals surface area contributed by atoms with Crippen LogP contribution in [0.2, 0.25) is 10.0 Å². The highest BCUT2D eigenvalue weighted by atomic mass is 35.5. The molecular formula is C24H21Cl2F3N2O4S. The highest BCUT2D eigenvalue weighted by molar-refractivity contribution is 7.92. The number of alkyl halides is 3. The summed E-state index contributed by atoms with van der Waals surface area (Å²) in [5, 5.41) is 10.9. The molecule has 36 heavy (non-hydrogen) atoms. The molecule has 1 amide bonds. The zero-order chi connectivity index (χ0) is 26.3. The molecule has 2 aromatic rings. The van der Waals surface area contributed by atoms with Crippen molar-refractivity contribution < 1.29 is 31.1 Å².